The Labute approximate surface area is 181 Å². The van der Waals surface area contributed by atoms with Crippen LogP contribution in [0.2, 0.25) is 5.02 Å². The van der Waals surface area contributed by atoms with E-state index in [4.69, 9.17) is 16.3 Å². The van der Waals surface area contributed by atoms with E-state index in [1.165, 1.54) is 18.2 Å². The van der Waals surface area contributed by atoms with Gasteiger partial charge in [-0.3, -0.25) is 4.79 Å². The Kier molecular flexibility index (Phi) is 5.91. The van der Waals surface area contributed by atoms with Crippen LogP contribution in [0.4, 0.5) is 0 Å². The van der Waals surface area contributed by atoms with E-state index in [1.54, 1.807) is 0 Å². The number of hydrogen-bond donors (Lipinski definition) is 0. The van der Waals surface area contributed by atoms with Crippen molar-refractivity contribution in [2.75, 3.05) is 7.11 Å². The monoisotopic (exact) mass is 417 g/mol. The van der Waals surface area contributed by atoms with Gasteiger partial charge < -0.3 is 9.30 Å². The fourth-order valence-corrected chi connectivity index (χ4v) is 4.39. The third kappa shape index (κ3) is 3.86. The number of carbonyl (C=O) groups is 1. The minimum atomic E-state index is -0.208. The predicted octanol–water partition coefficient (Wildman–Crippen LogP) is 6.35. The van der Waals surface area contributed by atoms with E-state index in [1.807, 2.05) is 24.3 Å². The van der Waals surface area contributed by atoms with E-state index in [0.29, 0.717) is 17.9 Å². The molecule has 0 atom stereocenters. The van der Waals surface area contributed by atoms with E-state index in [0.717, 1.165) is 22.2 Å². The van der Waals surface area contributed by atoms with Crippen LogP contribution in [-0.4, -0.2) is 17.6 Å². The quantitative estimate of drug-likeness (QED) is 0.342. The molecular formula is C26H24ClNO2. The highest BCUT2D eigenvalue weighted by molar-refractivity contribution is 6.31. The summed E-state index contributed by atoms with van der Waals surface area (Å²) in [5.41, 5.74) is 5.79. The molecular weight excluding hydrogens is 394 g/mol. The van der Waals surface area contributed by atoms with Crippen molar-refractivity contribution >= 4 is 28.5 Å². The van der Waals surface area contributed by atoms with Crippen LogP contribution in [0.1, 0.15) is 34.8 Å². The summed E-state index contributed by atoms with van der Waals surface area (Å²) in [7, 11) is 1.43. The van der Waals surface area contributed by atoms with Crippen molar-refractivity contribution in [1.82, 2.24) is 4.57 Å². The van der Waals surface area contributed by atoms with Crippen molar-refractivity contribution < 1.29 is 9.53 Å². The summed E-state index contributed by atoms with van der Waals surface area (Å²) in [6.07, 6.45) is 0.947. The van der Waals surface area contributed by atoms with Gasteiger partial charge in [0.25, 0.3) is 0 Å². The van der Waals surface area contributed by atoms with Crippen LogP contribution in [0, 0.1) is 6.92 Å². The van der Waals surface area contributed by atoms with Gasteiger partial charge in [0.15, 0.2) is 0 Å². The second kappa shape index (κ2) is 8.76. The normalized spacial score (nSPS) is 11.2. The van der Waals surface area contributed by atoms with Gasteiger partial charge >= 0.3 is 5.97 Å². The Morgan fingerprint density at radius 3 is 2.13 bits per heavy atom. The largest absolute Gasteiger partial charge is 0.469 e. The maximum absolute atomic E-state index is 11.8. The molecule has 0 aliphatic heterocycles. The number of hydrogen-bond acceptors (Lipinski definition) is 2. The Morgan fingerprint density at radius 1 is 0.967 bits per heavy atom. The van der Waals surface area contributed by atoms with E-state index in [2.05, 4.69) is 66.1 Å². The molecule has 3 aromatic carbocycles. The molecule has 0 N–H and O–H groups in total. The van der Waals surface area contributed by atoms with Crippen LogP contribution < -0.4 is 0 Å². The van der Waals surface area contributed by atoms with Crippen molar-refractivity contribution in [3.8, 4) is 0 Å². The predicted molar refractivity (Wildman–Crippen MR) is 122 cm³/mol. The highest BCUT2D eigenvalue weighted by Gasteiger charge is 2.23. The molecule has 0 aliphatic carbocycles. The SMILES string of the molecule is COC(=O)CCc1c(C)n(C(c2ccccc2)c2ccccc2)c2ccc(Cl)cc12. The lowest BCUT2D eigenvalue weighted by molar-refractivity contribution is -0.140. The van der Waals surface area contributed by atoms with Gasteiger partial charge in [0.2, 0.25) is 0 Å². The van der Waals surface area contributed by atoms with Crippen molar-refractivity contribution in [2.45, 2.75) is 25.8 Å². The van der Waals surface area contributed by atoms with Gasteiger partial charge in [0, 0.05) is 28.0 Å². The maximum atomic E-state index is 11.8. The lowest BCUT2D eigenvalue weighted by Crippen LogP contribution is -2.14. The third-order valence-electron chi connectivity index (χ3n) is 5.64. The molecule has 0 bridgehead atoms. The number of esters is 1. The Bertz CT molecular complexity index is 1130. The van der Waals surface area contributed by atoms with Gasteiger partial charge in [0.1, 0.15) is 0 Å². The van der Waals surface area contributed by atoms with E-state index >= 15 is 0 Å². The molecule has 3 nitrogen and oxygen atoms in total. The highest BCUT2D eigenvalue weighted by atomic mass is 35.5. The number of aromatic nitrogens is 1. The van der Waals surface area contributed by atoms with Gasteiger partial charge in [-0.2, -0.15) is 0 Å². The first kappa shape index (κ1) is 20.2. The standard InChI is InChI=1S/C26H24ClNO2/c1-18-22(14-16-25(29)30-2)23-17-21(27)13-15-24(23)28(18)26(19-9-5-3-6-10-19)20-11-7-4-8-12-20/h3-13,15,17,26H,14,16H2,1-2H3. The number of carbonyl (C=O) groups excluding carboxylic acids is 1. The summed E-state index contributed by atoms with van der Waals surface area (Å²) in [5.74, 6) is -0.208. The van der Waals surface area contributed by atoms with Gasteiger partial charge in [-0.15, -0.1) is 0 Å². The topological polar surface area (TPSA) is 31.2 Å². The first-order valence-electron chi connectivity index (χ1n) is 10.1. The average molecular weight is 418 g/mol. The second-order valence-electron chi connectivity index (χ2n) is 7.40. The summed E-state index contributed by atoms with van der Waals surface area (Å²) < 4.78 is 7.23. The maximum Gasteiger partial charge on any atom is 0.305 e. The van der Waals surface area contributed by atoms with Crippen molar-refractivity contribution in [1.29, 1.82) is 0 Å². The van der Waals surface area contributed by atoms with Crippen LogP contribution >= 0.6 is 11.6 Å². The number of nitrogens with zero attached hydrogens (tertiary/aromatic N) is 1. The summed E-state index contributed by atoms with van der Waals surface area (Å²) in [5, 5.41) is 1.77. The van der Waals surface area contributed by atoms with E-state index in [9.17, 15) is 4.79 Å². The number of aryl methyl sites for hydroxylation is 1. The van der Waals surface area contributed by atoms with Gasteiger partial charge in [-0.25, -0.2) is 0 Å². The van der Waals surface area contributed by atoms with E-state index in [-0.39, 0.29) is 12.0 Å². The fourth-order valence-electron chi connectivity index (χ4n) is 4.22. The molecule has 4 rings (SSSR count). The number of fused-ring (bicyclic) bond motifs is 1. The molecule has 0 aliphatic rings. The van der Waals surface area contributed by atoms with Crippen LogP contribution in [0.25, 0.3) is 10.9 Å². The summed E-state index contributed by atoms with van der Waals surface area (Å²) >= 11 is 6.35. The molecule has 0 saturated heterocycles. The number of benzene rings is 3. The number of methoxy groups -OCH3 is 1. The van der Waals surface area contributed by atoms with Crippen molar-refractivity contribution in [3.05, 3.63) is 106 Å². The second-order valence-corrected chi connectivity index (χ2v) is 7.83. The number of rotatable bonds is 6. The first-order valence-corrected chi connectivity index (χ1v) is 10.4. The summed E-state index contributed by atoms with van der Waals surface area (Å²) in [4.78, 5) is 11.8. The minimum absolute atomic E-state index is 0.0166. The molecule has 1 aromatic heterocycles. The Balaban J connectivity index is 1.95. The van der Waals surface area contributed by atoms with Crippen LogP contribution in [0.15, 0.2) is 78.9 Å². The smallest absolute Gasteiger partial charge is 0.305 e. The zero-order valence-corrected chi connectivity index (χ0v) is 17.9. The summed E-state index contributed by atoms with van der Waals surface area (Å²) in [6, 6.07) is 27.0. The zero-order chi connectivity index (χ0) is 21.1. The van der Waals surface area contributed by atoms with Gasteiger partial charge in [0.05, 0.1) is 13.2 Å². The molecule has 0 unspecified atom stereocenters. The molecule has 0 fully saturated rings. The number of halogens is 1. The molecule has 4 heteroatoms. The molecule has 152 valence electrons. The molecule has 4 aromatic rings. The molecule has 0 amide bonds. The summed E-state index contributed by atoms with van der Waals surface area (Å²) in [6.45, 7) is 2.12. The molecule has 1 heterocycles. The first-order chi connectivity index (χ1) is 14.6. The van der Waals surface area contributed by atoms with Crippen LogP contribution in [0.5, 0.6) is 0 Å². The molecule has 0 spiro atoms. The van der Waals surface area contributed by atoms with Crippen molar-refractivity contribution in [2.24, 2.45) is 0 Å². The molecule has 0 saturated carbocycles. The van der Waals surface area contributed by atoms with Gasteiger partial charge in [-0.05, 0) is 48.2 Å². The average Bonchev–Trinajstić information content (AvgIpc) is 3.04. The van der Waals surface area contributed by atoms with Gasteiger partial charge in [-0.1, -0.05) is 72.3 Å². The van der Waals surface area contributed by atoms with Crippen LogP contribution in [0.3, 0.4) is 0 Å². The van der Waals surface area contributed by atoms with E-state index < -0.39 is 0 Å². The van der Waals surface area contributed by atoms with Crippen LogP contribution in [-0.2, 0) is 16.0 Å². The highest BCUT2D eigenvalue weighted by Crippen LogP contribution is 2.37. The third-order valence-corrected chi connectivity index (χ3v) is 5.87. The van der Waals surface area contributed by atoms with Crippen molar-refractivity contribution in [3.63, 3.8) is 0 Å². The number of ether oxygens (including phenoxy) is 1. The zero-order valence-electron chi connectivity index (χ0n) is 17.1. The lowest BCUT2D eigenvalue weighted by atomic mass is 9.98. The Hall–Kier alpha value is -3.04. The molecule has 0 radical (unpaired) electrons. The molecule has 30 heavy (non-hydrogen) atoms. The Morgan fingerprint density at radius 2 is 1.57 bits per heavy atom. The lowest BCUT2D eigenvalue weighted by Gasteiger charge is -2.23. The minimum Gasteiger partial charge on any atom is -0.469 e. The fraction of sp³-hybridized carbons (Fsp3) is 0.192.